The Morgan fingerprint density at radius 2 is 1.89 bits per heavy atom. The Kier molecular flexibility index (Phi) is 3.62. The zero-order chi connectivity index (χ0) is 13.1. The Bertz CT molecular complexity index is 448. The number of fused-ring (bicyclic) bond motifs is 1. The Morgan fingerprint density at radius 3 is 2.33 bits per heavy atom. The van der Waals surface area contributed by atoms with E-state index in [1.165, 1.54) is 18.1 Å². The van der Waals surface area contributed by atoms with E-state index in [2.05, 4.69) is 5.32 Å². The Balaban J connectivity index is 1.99. The molecule has 0 radical (unpaired) electrons. The fourth-order valence-corrected chi connectivity index (χ4v) is 2.22. The van der Waals surface area contributed by atoms with E-state index in [4.69, 9.17) is 5.11 Å². The summed E-state index contributed by atoms with van der Waals surface area (Å²) in [6.07, 6.45) is 0. The van der Waals surface area contributed by atoms with Crippen LogP contribution < -0.4 is 5.32 Å². The van der Waals surface area contributed by atoms with Crippen LogP contribution in [0.3, 0.4) is 0 Å². The van der Waals surface area contributed by atoms with Crippen LogP contribution in [0.2, 0.25) is 0 Å². The molecule has 1 heterocycles. The summed E-state index contributed by atoms with van der Waals surface area (Å²) >= 11 is 0. The first-order valence-corrected chi connectivity index (χ1v) is 5.85. The smallest absolute Gasteiger partial charge is 0.327 e. The monoisotopic (exact) mass is 248 g/mol. The first-order valence-electron chi connectivity index (χ1n) is 5.85. The van der Waals surface area contributed by atoms with Crippen molar-refractivity contribution in [2.24, 2.45) is 0 Å². The van der Waals surface area contributed by atoms with Gasteiger partial charge in [-0.3, -0.25) is 9.69 Å². The molecule has 0 aromatic heterocycles. The molecule has 1 amide bonds. The number of carbonyl (C=O) groups excluding carboxylic acids is 1. The van der Waals surface area contributed by atoms with Gasteiger partial charge in [0, 0.05) is 26.6 Å². The zero-order valence-electron chi connectivity index (χ0n) is 10.2. The molecule has 2 N–H and O–H groups in total. The lowest BCUT2D eigenvalue weighted by molar-refractivity contribution is -0.142. The van der Waals surface area contributed by atoms with Crippen LogP contribution in [0.15, 0.2) is 24.3 Å². The second-order valence-corrected chi connectivity index (χ2v) is 4.53. The lowest BCUT2D eigenvalue weighted by atomic mass is 10.1. The number of carboxylic acid groups (broad SMARTS) is 1. The summed E-state index contributed by atoms with van der Waals surface area (Å²) in [4.78, 5) is 24.0. The minimum Gasteiger partial charge on any atom is -0.480 e. The minimum absolute atomic E-state index is 0.320. The summed E-state index contributed by atoms with van der Waals surface area (Å²) in [7, 11) is 0. The largest absolute Gasteiger partial charge is 0.480 e. The number of nitrogens with one attached hydrogen (secondary N) is 1. The molecule has 1 aliphatic rings. The van der Waals surface area contributed by atoms with Gasteiger partial charge >= 0.3 is 5.97 Å². The molecule has 18 heavy (non-hydrogen) atoms. The van der Waals surface area contributed by atoms with Gasteiger partial charge in [0.2, 0.25) is 5.91 Å². The second kappa shape index (κ2) is 5.18. The molecule has 5 nitrogen and oxygen atoms in total. The standard InChI is InChI=1S/C13H16N2O3/c1-9(16)14-12(13(17)18)8-15-6-10-4-2-3-5-11(10)7-15/h2-5,12H,6-8H2,1H3,(H,14,16)(H,17,18). The van der Waals surface area contributed by atoms with Gasteiger partial charge in [-0.15, -0.1) is 0 Å². The molecule has 1 aromatic rings. The van der Waals surface area contributed by atoms with Crippen LogP contribution in [0, 0.1) is 0 Å². The van der Waals surface area contributed by atoms with Crippen LogP contribution in [0.4, 0.5) is 0 Å². The molecule has 0 bridgehead atoms. The van der Waals surface area contributed by atoms with E-state index in [0.29, 0.717) is 6.54 Å². The number of hydrogen-bond acceptors (Lipinski definition) is 3. The number of amides is 1. The van der Waals surface area contributed by atoms with Gasteiger partial charge in [0.15, 0.2) is 0 Å². The van der Waals surface area contributed by atoms with Crippen LogP contribution in [0.1, 0.15) is 18.1 Å². The SMILES string of the molecule is CC(=O)NC(CN1Cc2ccccc2C1)C(=O)O. The van der Waals surface area contributed by atoms with Crippen LogP contribution in [0.25, 0.3) is 0 Å². The third-order valence-corrected chi connectivity index (χ3v) is 3.02. The van der Waals surface area contributed by atoms with Crippen molar-refractivity contribution in [1.29, 1.82) is 0 Å². The first kappa shape index (κ1) is 12.6. The molecule has 5 heteroatoms. The maximum Gasteiger partial charge on any atom is 0.327 e. The average Bonchev–Trinajstić information content (AvgIpc) is 2.69. The van der Waals surface area contributed by atoms with Gasteiger partial charge in [-0.1, -0.05) is 24.3 Å². The second-order valence-electron chi connectivity index (χ2n) is 4.53. The summed E-state index contributed by atoms with van der Waals surface area (Å²) in [5, 5.41) is 11.5. The van der Waals surface area contributed by atoms with Gasteiger partial charge < -0.3 is 10.4 Å². The van der Waals surface area contributed by atoms with Crippen molar-refractivity contribution in [2.75, 3.05) is 6.54 Å². The Labute approximate surface area is 105 Å². The van der Waals surface area contributed by atoms with Crippen molar-refractivity contribution in [2.45, 2.75) is 26.1 Å². The third-order valence-electron chi connectivity index (χ3n) is 3.02. The fourth-order valence-electron chi connectivity index (χ4n) is 2.22. The summed E-state index contributed by atoms with van der Waals surface area (Å²) in [6, 6.07) is 7.19. The van der Waals surface area contributed by atoms with Crippen LogP contribution in [-0.2, 0) is 22.7 Å². The summed E-state index contributed by atoms with van der Waals surface area (Å²) in [6.45, 7) is 3.12. The molecule has 1 aromatic carbocycles. The van der Waals surface area contributed by atoms with Crippen molar-refractivity contribution in [1.82, 2.24) is 10.2 Å². The Hall–Kier alpha value is -1.88. The third kappa shape index (κ3) is 2.87. The summed E-state index contributed by atoms with van der Waals surface area (Å²) in [5.74, 6) is -1.32. The molecular formula is C13H16N2O3. The van der Waals surface area contributed by atoms with E-state index in [0.717, 1.165) is 13.1 Å². The van der Waals surface area contributed by atoms with Gasteiger partial charge in [-0.25, -0.2) is 4.79 Å². The van der Waals surface area contributed by atoms with Crippen LogP contribution in [-0.4, -0.2) is 34.5 Å². The van der Waals surface area contributed by atoms with Crippen LogP contribution >= 0.6 is 0 Å². The molecule has 0 saturated carbocycles. The molecule has 0 fully saturated rings. The van der Waals surface area contributed by atoms with E-state index in [1.807, 2.05) is 29.2 Å². The maximum absolute atomic E-state index is 11.1. The normalized spacial score (nSPS) is 16.1. The minimum atomic E-state index is -0.999. The topological polar surface area (TPSA) is 69.6 Å². The molecule has 1 aliphatic heterocycles. The fraction of sp³-hybridized carbons (Fsp3) is 0.385. The van der Waals surface area contributed by atoms with Gasteiger partial charge in [-0.2, -0.15) is 0 Å². The predicted molar refractivity (Wildman–Crippen MR) is 65.8 cm³/mol. The average molecular weight is 248 g/mol. The first-order chi connectivity index (χ1) is 8.56. The summed E-state index contributed by atoms with van der Waals surface area (Å²) < 4.78 is 0. The number of rotatable bonds is 4. The number of hydrogen-bond donors (Lipinski definition) is 2. The number of benzene rings is 1. The number of nitrogens with zero attached hydrogens (tertiary/aromatic N) is 1. The van der Waals surface area contributed by atoms with E-state index in [1.54, 1.807) is 0 Å². The Morgan fingerprint density at radius 1 is 1.33 bits per heavy atom. The molecule has 1 unspecified atom stereocenters. The van der Waals surface area contributed by atoms with Crippen LogP contribution in [0.5, 0.6) is 0 Å². The van der Waals surface area contributed by atoms with Gasteiger partial charge in [0.1, 0.15) is 6.04 Å². The number of carbonyl (C=O) groups is 2. The van der Waals surface area contributed by atoms with Crippen molar-refractivity contribution in [3.8, 4) is 0 Å². The van der Waals surface area contributed by atoms with Gasteiger partial charge in [0.25, 0.3) is 0 Å². The molecule has 1 atom stereocenters. The van der Waals surface area contributed by atoms with Gasteiger partial charge in [-0.05, 0) is 11.1 Å². The maximum atomic E-state index is 11.1. The van der Waals surface area contributed by atoms with Crippen molar-refractivity contribution < 1.29 is 14.7 Å². The number of carboxylic acids is 1. The zero-order valence-corrected chi connectivity index (χ0v) is 10.2. The lowest BCUT2D eigenvalue weighted by Gasteiger charge is -2.20. The van der Waals surface area contributed by atoms with E-state index < -0.39 is 12.0 Å². The lowest BCUT2D eigenvalue weighted by Crippen LogP contribution is -2.46. The molecule has 0 saturated heterocycles. The van der Waals surface area contributed by atoms with Gasteiger partial charge in [0.05, 0.1) is 0 Å². The molecular weight excluding hydrogens is 232 g/mol. The highest BCUT2D eigenvalue weighted by Crippen LogP contribution is 2.21. The van der Waals surface area contributed by atoms with Crippen molar-refractivity contribution in [3.05, 3.63) is 35.4 Å². The highest BCUT2D eigenvalue weighted by molar-refractivity contribution is 5.82. The number of aliphatic carboxylic acids is 1. The highest BCUT2D eigenvalue weighted by atomic mass is 16.4. The molecule has 2 rings (SSSR count). The van der Waals surface area contributed by atoms with Crippen molar-refractivity contribution >= 4 is 11.9 Å². The molecule has 0 aliphatic carbocycles. The predicted octanol–water partition coefficient (Wildman–Crippen LogP) is 0.591. The summed E-state index contributed by atoms with van der Waals surface area (Å²) in [5.41, 5.74) is 2.45. The van der Waals surface area contributed by atoms with E-state index in [9.17, 15) is 9.59 Å². The molecule has 96 valence electrons. The van der Waals surface area contributed by atoms with Crippen molar-refractivity contribution in [3.63, 3.8) is 0 Å². The van der Waals surface area contributed by atoms with E-state index in [-0.39, 0.29) is 5.91 Å². The quantitative estimate of drug-likeness (QED) is 0.818. The molecule has 0 spiro atoms. The highest BCUT2D eigenvalue weighted by Gasteiger charge is 2.25. The van der Waals surface area contributed by atoms with E-state index >= 15 is 0 Å².